The molecule has 2 saturated heterocycles. The molecule has 322 valence electrons. The number of carbonyl (C=O) groups is 4. The second-order valence-corrected chi connectivity index (χ2v) is 18.3. The smallest absolute Gasteiger partial charge is 0.407 e. The van der Waals surface area contributed by atoms with Gasteiger partial charge in [-0.3, -0.25) is 9.59 Å². The van der Waals surface area contributed by atoms with Crippen LogP contribution < -0.4 is 15.4 Å². The predicted octanol–water partition coefficient (Wildman–Crippen LogP) is 7.78. The molecule has 4 N–H and O–H groups in total. The normalized spacial score (nSPS) is 20.9. The summed E-state index contributed by atoms with van der Waals surface area (Å²) in [6, 6.07) is 12.6. The molecule has 5 heterocycles. The van der Waals surface area contributed by atoms with Crippen molar-refractivity contribution in [1.29, 1.82) is 0 Å². The first-order chi connectivity index (χ1) is 29.1. The van der Waals surface area contributed by atoms with Crippen LogP contribution in [0.1, 0.15) is 97.0 Å². The van der Waals surface area contributed by atoms with Crippen molar-refractivity contribution in [3.05, 3.63) is 65.9 Å². The largest absolute Gasteiger partial charge is 0.488 e. The van der Waals surface area contributed by atoms with E-state index in [-0.39, 0.29) is 41.8 Å². The Kier molecular flexibility index (Phi) is 10.9. The molecule has 61 heavy (non-hydrogen) atoms. The summed E-state index contributed by atoms with van der Waals surface area (Å²) in [5.74, 6) is 1.98. The minimum Gasteiger partial charge on any atom is -0.488 e. The van der Waals surface area contributed by atoms with Crippen LogP contribution in [0, 0.1) is 17.3 Å². The van der Waals surface area contributed by atoms with Crippen LogP contribution in [0.2, 0.25) is 0 Å². The van der Waals surface area contributed by atoms with E-state index >= 15 is 0 Å². The monoisotopic (exact) mass is 832 g/mol. The number of hydrogen-bond donors (Lipinski definition) is 4. The lowest BCUT2D eigenvalue weighted by Crippen LogP contribution is -2.54. The maximum absolute atomic E-state index is 14.1. The van der Waals surface area contributed by atoms with Gasteiger partial charge in [0.1, 0.15) is 36.1 Å². The number of aromatic amines is 2. The topological polar surface area (TPSA) is 184 Å². The summed E-state index contributed by atoms with van der Waals surface area (Å²) in [4.78, 5) is 73.0. The van der Waals surface area contributed by atoms with Crippen LogP contribution in [0.5, 0.6) is 5.75 Å². The summed E-state index contributed by atoms with van der Waals surface area (Å²) in [7, 11) is 2.59. The minimum atomic E-state index is -0.775. The van der Waals surface area contributed by atoms with E-state index in [1.165, 1.54) is 14.2 Å². The lowest BCUT2D eigenvalue weighted by Gasteiger charge is -2.35. The van der Waals surface area contributed by atoms with Crippen molar-refractivity contribution in [2.24, 2.45) is 17.3 Å². The molecule has 3 aromatic carbocycles. The molecule has 2 aromatic heterocycles. The molecule has 3 aliphatic heterocycles. The predicted molar refractivity (Wildman–Crippen MR) is 230 cm³/mol. The molecule has 15 nitrogen and oxygen atoms in total. The number of fused-ring (bicyclic) bond motifs is 6. The number of ether oxygens (including phenoxy) is 3. The molecule has 0 saturated carbocycles. The van der Waals surface area contributed by atoms with Gasteiger partial charge in [-0.25, -0.2) is 19.6 Å². The summed E-state index contributed by atoms with van der Waals surface area (Å²) in [6.45, 7) is 14.7. The molecule has 0 bridgehead atoms. The van der Waals surface area contributed by atoms with Gasteiger partial charge in [0.25, 0.3) is 0 Å². The Morgan fingerprint density at radius 3 is 2.36 bits per heavy atom. The van der Waals surface area contributed by atoms with Gasteiger partial charge >= 0.3 is 12.2 Å². The summed E-state index contributed by atoms with van der Waals surface area (Å²) < 4.78 is 16.1. The molecule has 3 unspecified atom stereocenters. The third kappa shape index (κ3) is 7.74. The molecule has 6 atom stereocenters. The summed E-state index contributed by atoms with van der Waals surface area (Å²) in [5, 5.41) is 7.46. The van der Waals surface area contributed by atoms with Crippen LogP contribution in [-0.4, -0.2) is 92.6 Å². The number of carbonyl (C=O) groups excluding carboxylic acids is 4. The van der Waals surface area contributed by atoms with Crippen molar-refractivity contribution >= 4 is 45.8 Å². The zero-order chi connectivity index (χ0) is 43.5. The Balaban J connectivity index is 1.05. The first kappa shape index (κ1) is 41.6. The summed E-state index contributed by atoms with van der Waals surface area (Å²) in [5.41, 5.74) is 6.03. The Labute approximate surface area is 355 Å². The third-order valence-electron chi connectivity index (χ3n) is 12.6. The Morgan fingerprint density at radius 2 is 1.64 bits per heavy atom. The average molecular weight is 833 g/mol. The van der Waals surface area contributed by atoms with Crippen LogP contribution in [0.25, 0.3) is 44.2 Å². The summed E-state index contributed by atoms with van der Waals surface area (Å²) in [6.07, 6.45) is 2.85. The Morgan fingerprint density at radius 1 is 0.885 bits per heavy atom. The second-order valence-electron chi connectivity index (χ2n) is 18.3. The van der Waals surface area contributed by atoms with E-state index < -0.39 is 29.7 Å². The van der Waals surface area contributed by atoms with Gasteiger partial charge in [-0.2, -0.15) is 0 Å². The van der Waals surface area contributed by atoms with Gasteiger partial charge in [-0.05, 0) is 89.8 Å². The van der Waals surface area contributed by atoms with Crippen molar-refractivity contribution < 1.29 is 33.4 Å². The molecule has 0 radical (unpaired) electrons. The molecular formula is C46H56N8O7. The van der Waals surface area contributed by atoms with Crippen molar-refractivity contribution in [2.75, 3.05) is 20.8 Å². The number of nitrogens with zero attached hydrogens (tertiary/aromatic N) is 4. The molecule has 3 aliphatic rings. The van der Waals surface area contributed by atoms with E-state index in [2.05, 4.69) is 63.9 Å². The van der Waals surface area contributed by atoms with E-state index in [4.69, 9.17) is 24.2 Å². The first-order valence-electron chi connectivity index (χ1n) is 21.2. The van der Waals surface area contributed by atoms with Crippen LogP contribution in [0.15, 0.2) is 48.7 Å². The second kappa shape index (κ2) is 16.1. The SMILES string of the molecule is COC(=O)NC(C(=O)N1C[C@@H](C)CC1c1nc2c(ccc3cc4c(cc32)OCc2cc(-c3cnc(C5CC[C@H](C)N5C(=O)[C@@H](NC(=O)OC)C(C)C)[nH]3)ccc2-4)[nH]1)C(C)(C)C. The number of methoxy groups -OCH3 is 2. The van der Waals surface area contributed by atoms with E-state index in [1.54, 1.807) is 0 Å². The number of amides is 4. The quantitative estimate of drug-likeness (QED) is 0.121. The van der Waals surface area contributed by atoms with E-state index in [1.807, 2.05) is 63.6 Å². The average Bonchev–Trinajstić information content (AvgIpc) is 4.05. The van der Waals surface area contributed by atoms with Gasteiger partial charge in [0.2, 0.25) is 11.8 Å². The Hall–Kier alpha value is -6.12. The molecule has 5 aromatic rings. The van der Waals surface area contributed by atoms with Gasteiger partial charge in [0.05, 0.1) is 49.2 Å². The lowest BCUT2D eigenvalue weighted by atomic mass is 9.85. The molecule has 2 fully saturated rings. The van der Waals surface area contributed by atoms with Gasteiger partial charge < -0.3 is 44.6 Å². The van der Waals surface area contributed by atoms with Crippen molar-refractivity contribution in [3.8, 4) is 28.1 Å². The fraction of sp³-hybridized carbons (Fsp3) is 0.478. The molecule has 8 rings (SSSR count). The number of imidazole rings is 2. The van der Waals surface area contributed by atoms with E-state index in [0.29, 0.717) is 24.8 Å². The number of nitrogens with one attached hydrogen (secondary N) is 4. The van der Waals surface area contributed by atoms with Crippen molar-refractivity contribution in [2.45, 2.75) is 105 Å². The summed E-state index contributed by atoms with van der Waals surface area (Å²) >= 11 is 0. The zero-order valence-corrected chi connectivity index (χ0v) is 36.3. The number of rotatable bonds is 8. The standard InChI is InChI=1S/C46H56N8O7/c1-23(2)37(51-44(57)59-8)42(55)54-25(4)10-15-34(54)40-47-20-33(49-40)27-11-13-29-28(17-27)22-61-36-19-30-26(18-31(29)36)12-14-32-38(30)50-41(48-32)35-16-24(3)21-53(35)43(56)39(46(5,6)7)52-45(58)60-9/h11-14,17-20,23-25,34-35,37,39H,10,15-16,21-22H2,1-9H3,(H,47,49)(H,48,50)(H,51,57)(H,52,58)/t24-,25-,34?,35?,37-,39?/m0/s1. The highest BCUT2D eigenvalue weighted by molar-refractivity contribution is 6.07. The zero-order valence-electron chi connectivity index (χ0n) is 36.3. The molecule has 0 aliphatic carbocycles. The highest BCUT2D eigenvalue weighted by Gasteiger charge is 2.44. The van der Waals surface area contributed by atoms with Gasteiger partial charge in [0, 0.05) is 23.5 Å². The molecule has 15 heteroatoms. The van der Waals surface area contributed by atoms with Crippen LogP contribution in [-0.2, 0) is 25.7 Å². The highest BCUT2D eigenvalue weighted by Crippen LogP contribution is 2.44. The lowest BCUT2D eigenvalue weighted by molar-refractivity contribution is -0.138. The minimum absolute atomic E-state index is 0.0169. The van der Waals surface area contributed by atoms with Crippen LogP contribution in [0.4, 0.5) is 9.59 Å². The number of aromatic nitrogens is 4. The number of benzene rings is 3. The fourth-order valence-corrected chi connectivity index (χ4v) is 9.31. The van der Waals surface area contributed by atoms with Gasteiger partial charge in [0.15, 0.2) is 0 Å². The van der Waals surface area contributed by atoms with Gasteiger partial charge in [-0.1, -0.05) is 59.7 Å². The Bertz CT molecular complexity index is 2520. The first-order valence-corrected chi connectivity index (χ1v) is 21.2. The molecule has 4 amide bonds. The molecule has 0 spiro atoms. The van der Waals surface area contributed by atoms with Crippen LogP contribution >= 0.6 is 0 Å². The highest BCUT2D eigenvalue weighted by atomic mass is 16.5. The number of alkyl carbamates (subject to hydrolysis) is 2. The van der Waals surface area contributed by atoms with E-state index in [0.717, 1.165) is 74.8 Å². The molecular weight excluding hydrogens is 777 g/mol. The van der Waals surface area contributed by atoms with Gasteiger partial charge in [-0.15, -0.1) is 0 Å². The number of likely N-dealkylation sites (tertiary alicyclic amines) is 2. The van der Waals surface area contributed by atoms with Crippen molar-refractivity contribution in [1.82, 2.24) is 40.4 Å². The van der Waals surface area contributed by atoms with Crippen molar-refractivity contribution in [3.63, 3.8) is 0 Å². The third-order valence-corrected chi connectivity index (χ3v) is 12.6. The number of H-pyrrole nitrogens is 2. The number of hydrogen-bond acceptors (Lipinski definition) is 9. The van der Waals surface area contributed by atoms with Crippen LogP contribution in [0.3, 0.4) is 0 Å². The van der Waals surface area contributed by atoms with E-state index in [9.17, 15) is 19.2 Å². The maximum atomic E-state index is 14.1. The fourth-order valence-electron chi connectivity index (χ4n) is 9.31. The maximum Gasteiger partial charge on any atom is 0.407 e.